The molecule has 3 rings (SSSR count). The average molecular weight is 456 g/mol. The topological polar surface area (TPSA) is 64.6 Å². The molecule has 1 aromatic heterocycles. The van der Waals surface area contributed by atoms with E-state index in [0.717, 1.165) is 31.2 Å². The first-order valence-electron chi connectivity index (χ1n) is 9.69. The predicted molar refractivity (Wildman–Crippen MR) is 117 cm³/mol. The Morgan fingerprint density at radius 2 is 2.00 bits per heavy atom. The molecule has 1 heterocycles. The summed E-state index contributed by atoms with van der Waals surface area (Å²) in [6, 6.07) is 5.01. The Kier molecular flexibility index (Phi) is 7.81. The second-order valence-corrected chi connectivity index (χ2v) is 8.66. The maximum Gasteiger partial charge on any atom is 0.341 e. The smallest absolute Gasteiger partial charge is 0.341 e. The Bertz CT molecular complexity index is 897. The largest absolute Gasteiger partial charge is 0.492 e. The summed E-state index contributed by atoms with van der Waals surface area (Å²) in [6.07, 6.45) is 4.74. The number of nitrogens with one attached hydrogen (secondary N) is 1. The summed E-state index contributed by atoms with van der Waals surface area (Å²) in [5.41, 5.74) is 1.57. The Balaban J connectivity index is 1.57. The number of thiophene rings is 1. The minimum Gasteiger partial charge on any atom is -0.492 e. The lowest BCUT2D eigenvalue weighted by Gasteiger charge is -2.12. The number of esters is 1. The zero-order valence-corrected chi connectivity index (χ0v) is 18.5. The molecular weight excluding hydrogens is 433 g/mol. The Hall–Kier alpha value is -1.76. The first kappa shape index (κ1) is 21.9. The molecule has 5 nitrogen and oxygen atoms in total. The number of hydrogen-bond acceptors (Lipinski definition) is 5. The van der Waals surface area contributed by atoms with Crippen LogP contribution in [0.25, 0.3) is 0 Å². The van der Waals surface area contributed by atoms with E-state index >= 15 is 0 Å². The van der Waals surface area contributed by atoms with Crippen molar-refractivity contribution in [2.45, 2.75) is 45.4 Å². The van der Waals surface area contributed by atoms with Crippen LogP contribution in [0.1, 0.15) is 53.4 Å². The van der Waals surface area contributed by atoms with E-state index in [4.69, 9.17) is 32.7 Å². The molecule has 0 atom stereocenters. The summed E-state index contributed by atoms with van der Waals surface area (Å²) in [4.78, 5) is 26.0. The molecule has 8 heteroatoms. The van der Waals surface area contributed by atoms with Crippen LogP contribution >= 0.6 is 34.5 Å². The minimum atomic E-state index is -0.358. The van der Waals surface area contributed by atoms with Crippen molar-refractivity contribution < 1.29 is 19.1 Å². The highest BCUT2D eigenvalue weighted by Crippen LogP contribution is 2.38. The SMILES string of the molecule is CCOC(=O)c1c(NC(=O)CCCOc2ccc(Cl)cc2Cl)sc2c1CCCC2. The van der Waals surface area contributed by atoms with Crippen molar-refractivity contribution in [2.75, 3.05) is 18.5 Å². The highest BCUT2D eigenvalue weighted by molar-refractivity contribution is 7.17. The van der Waals surface area contributed by atoms with Crippen molar-refractivity contribution in [1.29, 1.82) is 0 Å². The fourth-order valence-corrected chi connectivity index (χ4v) is 5.03. The van der Waals surface area contributed by atoms with Gasteiger partial charge in [-0.2, -0.15) is 0 Å². The first-order valence-corrected chi connectivity index (χ1v) is 11.3. The maximum atomic E-state index is 12.4. The Morgan fingerprint density at radius 1 is 1.21 bits per heavy atom. The van der Waals surface area contributed by atoms with E-state index in [1.165, 1.54) is 16.2 Å². The lowest BCUT2D eigenvalue weighted by atomic mass is 9.95. The van der Waals surface area contributed by atoms with Crippen molar-refractivity contribution in [2.24, 2.45) is 0 Å². The Morgan fingerprint density at radius 3 is 2.76 bits per heavy atom. The van der Waals surface area contributed by atoms with Crippen molar-refractivity contribution in [3.8, 4) is 5.75 Å². The van der Waals surface area contributed by atoms with Crippen LogP contribution in [0.5, 0.6) is 5.75 Å². The summed E-state index contributed by atoms with van der Waals surface area (Å²) < 4.78 is 10.8. The van der Waals surface area contributed by atoms with Gasteiger partial charge in [0, 0.05) is 16.3 Å². The lowest BCUT2D eigenvalue weighted by molar-refractivity contribution is -0.116. The third-order valence-corrected chi connectivity index (χ3v) is 6.34. The molecule has 0 saturated heterocycles. The molecule has 0 bridgehead atoms. The van der Waals surface area contributed by atoms with Crippen LogP contribution in [-0.2, 0) is 22.4 Å². The molecule has 0 spiro atoms. The van der Waals surface area contributed by atoms with Crippen molar-refractivity contribution in [1.82, 2.24) is 0 Å². The van der Waals surface area contributed by atoms with Gasteiger partial charge in [0.2, 0.25) is 5.91 Å². The average Bonchev–Trinajstić information content (AvgIpc) is 3.04. The molecule has 0 unspecified atom stereocenters. The molecule has 1 aliphatic carbocycles. The van der Waals surface area contributed by atoms with Gasteiger partial charge >= 0.3 is 5.97 Å². The van der Waals surface area contributed by atoms with Gasteiger partial charge in [-0.3, -0.25) is 4.79 Å². The zero-order chi connectivity index (χ0) is 20.8. The second-order valence-electron chi connectivity index (χ2n) is 6.71. The maximum absolute atomic E-state index is 12.4. The van der Waals surface area contributed by atoms with Crippen LogP contribution in [0, 0.1) is 0 Å². The number of fused-ring (bicyclic) bond motifs is 1. The van der Waals surface area contributed by atoms with Gasteiger partial charge in [-0.1, -0.05) is 23.2 Å². The van der Waals surface area contributed by atoms with E-state index in [2.05, 4.69) is 5.32 Å². The van der Waals surface area contributed by atoms with Gasteiger partial charge in [-0.25, -0.2) is 4.79 Å². The van der Waals surface area contributed by atoms with Gasteiger partial charge in [-0.05, 0) is 62.8 Å². The highest BCUT2D eigenvalue weighted by atomic mass is 35.5. The number of amides is 1. The molecule has 1 aliphatic rings. The van der Waals surface area contributed by atoms with Gasteiger partial charge < -0.3 is 14.8 Å². The van der Waals surface area contributed by atoms with Gasteiger partial charge in [0.15, 0.2) is 0 Å². The number of rotatable bonds is 8. The third-order valence-electron chi connectivity index (χ3n) is 4.60. The molecule has 0 fully saturated rings. The molecule has 1 aromatic carbocycles. The van der Waals surface area contributed by atoms with E-state index in [1.54, 1.807) is 25.1 Å². The predicted octanol–water partition coefficient (Wildman–Crippen LogP) is 5.91. The number of hydrogen-bond donors (Lipinski definition) is 1. The van der Waals surface area contributed by atoms with Crippen LogP contribution in [0.4, 0.5) is 5.00 Å². The minimum absolute atomic E-state index is 0.153. The van der Waals surface area contributed by atoms with Crippen molar-refractivity contribution in [3.63, 3.8) is 0 Å². The quantitative estimate of drug-likeness (QED) is 0.396. The zero-order valence-electron chi connectivity index (χ0n) is 16.2. The first-order chi connectivity index (χ1) is 14.0. The fourth-order valence-electron chi connectivity index (χ4n) is 3.27. The van der Waals surface area contributed by atoms with Gasteiger partial charge in [0.1, 0.15) is 10.8 Å². The van der Waals surface area contributed by atoms with E-state index in [-0.39, 0.29) is 18.3 Å². The monoisotopic (exact) mass is 455 g/mol. The fraction of sp³-hybridized carbons (Fsp3) is 0.429. The normalized spacial score (nSPS) is 12.9. The Labute approximate surface area is 184 Å². The van der Waals surface area contributed by atoms with E-state index < -0.39 is 0 Å². The molecular formula is C21H23Cl2NO4S. The number of ether oxygens (including phenoxy) is 2. The summed E-state index contributed by atoms with van der Waals surface area (Å²) in [6.45, 7) is 2.43. The molecule has 1 amide bonds. The molecule has 1 N–H and O–H groups in total. The summed E-state index contributed by atoms with van der Waals surface area (Å²) in [7, 11) is 0. The number of carbonyl (C=O) groups excluding carboxylic acids is 2. The number of carbonyl (C=O) groups is 2. The van der Waals surface area contributed by atoms with Crippen molar-refractivity contribution in [3.05, 3.63) is 44.2 Å². The lowest BCUT2D eigenvalue weighted by Crippen LogP contribution is -2.16. The van der Waals surface area contributed by atoms with E-state index in [9.17, 15) is 9.59 Å². The van der Waals surface area contributed by atoms with Crippen LogP contribution < -0.4 is 10.1 Å². The summed E-state index contributed by atoms with van der Waals surface area (Å²) in [5, 5.41) is 4.48. The van der Waals surface area contributed by atoms with E-state index in [1.807, 2.05) is 0 Å². The number of halogens is 2. The van der Waals surface area contributed by atoms with Crippen LogP contribution in [-0.4, -0.2) is 25.1 Å². The number of anilines is 1. The molecule has 0 aliphatic heterocycles. The van der Waals surface area contributed by atoms with Gasteiger partial charge in [0.05, 0.1) is 23.8 Å². The van der Waals surface area contributed by atoms with Crippen LogP contribution in [0.2, 0.25) is 10.0 Å². The molecule has 0 saturated carbocycles. The van der Waals surface area contributed by atoms with Gasteiger partial charge in [-0.15, -0.1) is 11.3 Å². The number of aryl methyl sites for hydroxylation is 1. The van der Waals surface area contributed by atoms with E-state index in [0.29, 0.717) is 46.0 Å². The third kappa shape index (κ3) is 5.65. The molecule has 0 radical (unpaired) electrons. The molecule has 156 valence electrons. The van der Waals surface area contributed by atoms with Crippen LogP contribution in [0.3, 0.4) is 0 Å². The van der Waals surface area contributed by atoms with Crippen molar-refractivity contribution >= 4 is 51.4 Å². The standard InChI is InChI=1S/C21H23Cl2NO4S/c1-2-27-21(26)19-14-6-3-4-7-17(14)29-20(19)24-18(25)8-5-11-28-16-10-9-13(22)12-15(16)23/h9-10,12H,2-8,11H2,1H3,(H,24,25). The highest BCUT2D eigenvalue weighted by Gasteiger charge is 2.27. The van der Waals surface area contributed by atoms with Crippen LogP contribution in [0.15, 0.2) is 18.2 Å². The van der Waals surface area contributed by atoms with Gasteiger partial charge in [0.25, 0.3) is 0 Å². The number of benzene rings is 1. The second kappa shape index (κ2) is 10.3. The molecule has 2 aromatic rings. The summed E-state index contributed by atoms with van der Waals surface area (Å²) in [5.74, 6) is 0.0230. The summed E-state index contributed by atoms with van der Waals surface area (Å²) >= 11 is 13.4. The molecule has 29 heavy (non-hydrogen) atoms.